The van der Waals surface area contributed by atoms with E-state index in [9.17, 15) is 15.2 Å². The predicted molar refractivity (Wildman–Crippen MR) is 52.1 cm³/mol. The first kappa shape index (κ1) is 10.5. The number of rotatable bonds is 2. The van der Waals surface area contributed by atoms with Crippen molar-refractivity contribution in [3.8, 4) is 5.75 Å². The maximum atomic E-state index is 10.6. The molecule has 0 aliphatic rings. The Labute approximate surface area is 81.3 Å². The first-order valence-corrected chi connectivity index (χ1v) is 4.17. The average Bonchev–Trinajstić information content (AvgIpc) is 2.08. The number of nitrogens with two attached hydrogens (primary N) is 1. The van der Waals surface area contributed by atoms with E-state index >= 15 is 0 Å². The first-order chi connectivity index (χ1) is 6.45. The van der Waals surface area contributed by atoms with Crippen molar-refractivity contribution in [3.63, 3.8) is 0 Å². The van der Waals surface area contributed by atoms with Gasteiger partial charge in [0.25, 0.3) is 5.69 Å². The van der Waals surface area contributed by atoms with Crippen LogP contribution in [0.15, 0.2) is 12.1 Å². The summed E-state index contributed by atoms with van der Waals surface area (Å²) in [6.45, 7) is 3.27. The van der Waals surface area contributed by atoms with Gasteiger partial charge in [-0.25, -0.2) is 0 Å². The van der Waals surface area contributed by atoms with E-state index < -0.39 is 11.0 Å². The fourth-order valence-electron chi connectivity index (χ4n) is 1.31. The van der Waals surface area contributed by atoms with E-state index in [0.717, 1.165) is 0 Å². The zero-order valence-corrected chi connectivity index (χ0v) is 8.02. The van der Waals surface area contributed by atoms with E-state index in [1.165, 1.54) is 12.1 Å². The van der Waals surface area contributed by atoms with Crippen molar-refractivity contribution in [3.05, 3.63) is 33.4 Å². The van der Waals surface area contributed by atoms with Gasteiger partial charge in [-0.2, -0.15) is 0 Å². The lowest BCUT2D eigenvalue weighted by Gasteiger charge is -2.10. The molecule has 0 fully saturated rings. The number of nitro benzene ring substituents is 1. The molecular formula is C9H12N2O3. The van der Waals surface area contributed by atoms with Gasteiger partial charge in [-0.05, 0) is 25.5 Å². The Hall–Kier alpha value is -1.62. The summed E-state index contributed by atoms with van der Waals surface area (Å²) in [5.41, 5.74) is 6.20. The molecule has 0 spiro atoms. The van der Waals surface area contributed by atoms with Crippen LogP contribution in [0.25, 0.3) is 0 Å². The molecule has 0 saturated carbocycles. The molecule has 0 radical (unpaired) electrons. The summed E-state index contributed by atoms with van der Waals surface area (Å²) in [6.07, 6.45) is 0. The van der Waals surface area contributed by atoms with Crippen LogP contribution in [-0.2, 0) is 0 Å². The number of nitro groups is 1. The summed E-state index contributed by atoms with van der Waals surface area (Å²) in [5, 5.41) is 20.2. The Morgan fingerprint density at radius 3 is 2.57 bits per heavy atom. The van der Waals surface area contributed by atoms with Gasteiger partial charge in [0.2, 0.25) is 0 Å². The second-order valence-corrected chi connectivity index (χ2v) is 3.21. The number of benzene rings is 1. The molecule has 0 aliphatic carbocycles. The minimum Gasteiger partial charge on any atom is -0.507 e. The van der Waals surface area contributed by atoms with Crippen molar-refractivity contribution in [2.24, 2.45) is 5.73 Å². The third kappa shape index (κ3) is 1.67. The monoisotopic (exact) mass is 196 g/mol. The maximum Gasteiger partial charge on any atom is 0.277 e. The van der Waals surface area contributed by atoms with Crippen LogP contribution in [0.4, 0.5) is 5.69 Å². The SMILES string of the molecule is Cc1ccc([N+](=O)[O-])c([C@@H](C)N)c1O. The molecule has 76 valence electrons. The van der Waals surface area contributed by atoms with Gasteiger partial charge >= 0.3 is 0 Å². The Morgan fingerprint density at radius 2 is 2.14 bits per heavy atom. The van der Waals surface area contributed by atoms with Crippen molar-refractivity contribution in [2.75, 3.05) is 0 Å². The second kappa shape index (κ2) is 3.63. The smallest absolute Gasteiger partial charge is 0.277 e. The second-order valence-electron chi connectivity index (χ2n) is 3.21. The van der Waals surface area contributed by atoms with Gasteiger partial charge in [-0.1, -0.05) is 0 Å². The van der Waals surface area contributed by atoms with Crippen molar-refractivity contribution in [1.29, 1.82) is 0 Å². The third-order valence-corrected chi connectivity index (χ3v) is 2.05. The molecule has 3 N–H and O–H groups in total. The molecule has 14 heavy (non-hydrogen) atoms. The van der Waals surface area contributed by atoms with E-state index in [1.807, 2.05) is 0 Å². The number of aryl methyl sites for hydroxylation is 1. The van der Waals surface area contributed by atoms with Crippen molar-refractivity contribution >= 4 is 5.69 Å². The molecule has 0 aromatic heterocycles. The van der Waals surface area contributed by atoms with Crippen LogP contribution in [0.1, 0.15) is 24.1 Å². The highest BCUT2D eigenvalue weighted by atomic mass is 16.6. The number of hydrogen-bond donors (Lipinski definition) is 2. The summed E-state index contributed by atoms with van der Waals surface area (Å²) in [7, 11) is 0. The third-order valence-electron chi connectivity index (χ3n) is 2.05. The molecule has 5 heteroatoms. The zero-order valence-electron chi connectivity index (χ0n) is 8.02. The maximum absolute atomic E-state index is 10.6. The molecule has 1 rings (SSSR count). The normalized spacial score (nSPS) is 12.5. The van der Waals surface area contributed by atoms with E-state index in [4.69, 9.17) is 5.73 Å². The summed E-state index contributed by atoms with van der Waals surface area (Å²) in [4.78, 5) is 10.1. The van der Waals surface area contributed by atoms with Gasteiger partial charge in [0, 0.05) is 12.1 Å². The van der Waals surface area contributed by atoms with Crippen LogP contribution < -0.4 is 5.73 Å². The highest BCUT2D eigenvalue weighted by Crippen LogP contribution is 2.34. The standard InChI is InChI=1S/C9H12N2O3/c1-5-3-4-7(11(13)14)8(6(2)10)9(5)12/h3-4,6,12H,10H2,1-2H3/t6-/m1/s1. The fraction of sp³-hybridized carbons (Fsp3) is 0.333. The van der Waals surface area contributed by atoms with E-state index in [-0.39, 0.29) is 17.0 Å². The topological polar surface area (TPSA) is 89.4 Å². The highest BCUT2D eigenvalue weighted by molar-refractivity contribution is 5.54. The number of phenols is 1. The van der Waals surface area contributed by atoms with E-state index in [1.54, 1.807) is 13.8 Å². The number of aromatic hydroxyl groups is 1. The number of phenolic OH excluding ortho intramolecular Hbond substituents is 1. The van der Waals surface area contributed by atoms with E-state index in [0.29, 0.717) is 5.56 Å². The molecule has 1 atom stereocenters. The summed E-state index contributed by atoms with van der Waals surface area (Å²) >= 11 is 0. The molecule has 1 aromatic carbocycles. The van der Waals surface area contributed by atoms with Gasteiger partial charge in [-0.15, -0.1) is 0 Å². The molecule has 0 unspecified atom stereocenters. The van der Waals surface area contributed by atoms with Gasteiger partial charge in [-0.3, -0.25) is 10.1 Å². The van der Waals surface area contributed by atoms with E-state index in [2.05, 4.69) is 0 Å². The molecule has 1 aromatic rings. The Morgan fingerprint density at radius 1 is 1.57 bits per heavy atom. The zero-order chi connectivity index (χ0) is 10.9. The Balaban J connectivity index is 3.45. The predicted octanol–water partition coefficient (Wildman–Crippen LogP) is 1.63. The summed E-state index contributed by atoms with van der Waals surface area (Å²) < 4.78 is 0. The van der Waals surface area contributed by atoms with Gasteiger partial charge in [0.1, 0.15) is 5.75 Å². The van der Waals surface area contributed by atoms with Crippen LogP contribution >= 0.6 is 0 Å². The molecule has 0 amide bonds. The molecule has 0 saturated heterocycles. The lowest BCUT2D eigenvalue weighted by atomic mass is 10.0. The summed E-state index contributed by atoms with van der Waals surface area (Å²) in [6, 6.07) is 2.29. The van der Waals surface area contributed by atoms with Crippen LogP contribution in [0.5, 0.6) is 5.75 Å². The lowest BCUT2D eigenvalue weighted by molar-refractivity contribution is -0.385. The fourth-order valence-corrected chi connectivity index (χ4v) is 1.31. The van der Waals surface area contributed by atoms with Crippen LogP contribution in [-0.4, -0.2) is 10.0 Å². The minimum absolute atomic E-state index is 0.0887. The Kier molecular flexibility index (Phi) is 2.71. The highest BCUT2D eigenvalue weighted by Gasteiger charge is 2.21. The molecular weight excluding hydrogens is 184 g/mol. The minimum atomic E-state index is -0.560. The number of hydrogen-bond acceptors (Lipinski definition) is 4. The number of nitrogens with zero attached hydrogens (tertiary/aromatic N) is 1. The van der Waals surface area contributed by atoms with Crippen molar-refractivity contribution in [2.45, 2.75) is 19.9 Å². The average molecular weight is 196 g/mol. The molecule has 0 aliphatic heterocycles. The van der Waals surface area contributed by atoms with Gasteiger partial charge < -0.3 is 10.8 Å². The quantitative estimate of drug-likeness (QED) is 0.555. The molecule has 5 nitrogen and oxygen atoms in total. The first-order valence-electron chi connectivity index (χ1n) is 4.17. The molecule has 0 bridgehead atoms. The van der Waals surface area contributed by atoms with Gasteiger partial charge in [0.05, 0.1) is 10.5 Å². The molecule has 0 heterocycles. The summed E-state index contributed by atoms with van der Waals surface area (Å²) in [5.74, 6) is -0.0887. The van der Waals surface area contributed by atoms with Crippen molar-refractivity contribution < 1.29 is 10.0 Å². The van der Waals surface area contributed by atoms with Gasteiger partial charge in [0.15, 0.2) is 0 Å². The largest absolute Gasteiger partial charge is 0.507 e. The Bertz CT molecular complexity index is 375. The van der Waals surface area contributed by atoms with Crippen molar-refractivity contribution in [1.82, 2.24) is 0 Å². The van der Waals surface area contributed by atoms with Crippen LogP contribution in [0.2, 0.25) is 0 Å². The lowest BCUT2D eigenvalue weighted by Crippen LogP contribution is -2.09. The van der Waals surface area contributed by atoms with Crippen LogP contribution in [0.3, 0.4) is 0 Å². The van der Waals surface area contributed by atoms with Crippen LogP contribution in [0, 0.1) is 17.0 Å².